The molecule has 3 aromatic heterocycles. The summed E-state index contributed by atoms with van der Waals surface area (Å²) in [7, 11) is 2.58. The first kappa shape index (κ1) is 27.8. The third-order valence-corrected chi connectivity index (χ3v) is 7.12. The molecule has 1 fully saturated rings. The second-order valence-corrected chi connectivity index (χ2v) is 9.58. The molecular formula is C30H27F2N7O4. The Hall–Kier alpha value is -5.30. The van der Waals surface area contributed by atoms with E-state index in [2.05, 4.69) is 37.1 Å². The van der Waals surface area contributed by atoms with E-state index in [-0.39, 0.29) is 40.1 Å². The molecule has 1 aliphatic heterocycles. The van der Waals surface area contributed by atoms with Gasteiger partial charge in [0.05, 0.1) is 44.4 Å². The molecule has 5 aromatic rings. The van der Waals surface area contributed by atoms with Gasteiger partial charge < -0.3 is 29.7 Å². The van der Waals surface area contributed by atoms with E-state index in [1.54, 1.807) is 16.7 Å². The van der Waals surface area contributed by atoms with E-state index in [0.717, 1.165) is 24.8 Å². The Morgan fingerprint density at radius 3 is 2.47 bits per heavy atom. The lowest BCUT2D eigenvalue weighted by Crippen LogP contribution is -2.36. The Morgan fingerprint density at radius 1 is 1.02 bits per heavy atom. The summed E-state index contributed by atoms with van der Waals surface area (Å²) in [6, 6.07) is 8.34. The summed E-state index contributed by atoms with van der Waals surface area (Å²) < 4.78 is 48.2. The quantitative estimate of drug-likeness (QED) is 0.244. The lowest BCUT2D eigenvalue weighted by molar-refractivity contribution is -0.111. The minimum absolute atomic E-state index is 0.169. The smallest absolute Gasteiger partial charge is 0.247 e. The number of benzene rings is 2. The van der Waals surface area contributed by atoms with Crippen LogP contribution in [0.25, 0.3) is 27.8 Å². The van der Waals surface area contributed by atoms with Gasteiger partial charge in [-0.2, -0.15) is 4.98 Å². The van der Waals surface area contributed by atoms with Gasteiger partial charge in [-0.25, -0.2) is 18.7 Å². The molecule has 1 aliphatic rings. The number of anilines is 4. The van der Waals surface area contributed by atoms with Crippen LogP contribution in [0.5, 0.6) is 11.5 Å². The first-order valence-electron chi connectivity index (χ1n) is 13.3. The molecule has 0 unspecified atom stereocenters. The van der Waals surface area contributed by atoms with Crippen LogP contribution in [0.3, 0.4) is 0 Å². The fraction of sp³-hybridized carbons (Fsp3) is 0.200. The Labute approximate surface area is 244 Å². The van der Waals surface area contributed by atoms with E-state index in [1.807, 2.05) is 18.2 Å². The SMILES string of the molecule is C=CC(=O)Nc1cc(N2CCOCC2)ccc1Nc1ncc2cc(-c3c(F)c(OC)cc(OC)c3F)c3nccn3c2n1. The minimum Gasteiger partial charge on any atom is -0.494 e. The van der Waals surface area contributed by atoms with Gasteiger partial charge in [-0.1, -0.05) is 6.58 Å². The highest BCUT2D eigenvalue weighted by molar-refractivity contribution is 6.02. The molecule has 13 heteroatoms. The van der Waals surface area contributed by atoms with E-state index in [9.17, 15) is 4.79 Å². The number of nitrogens with one attached hydrogen (secondary N) is 2. The van der Waals surface area contributed by atoms with Gasteiger partial charge in [0, 0.05) is 54.4 Å². The van der Waals surface area contributed by atoms with Crippen LogP contribution < -0.4 is 25.0 Å². The van der Waals surface area contributed by atoms with Crippen molar-refractivity contribution in [3.63, 3.8) is 0 Å². The highest BCUT2D eigenvalue weighted by Crippen LogP contribution is 2.40. The highest BCUT2D eigenvalue weighted by Gasteiger charge is 2.25. The number of rotatable bonds is 8. The summed E-state index contributed by atoms with van der Waals surface area (Å²) in [6.07, 6.45) is 5.87. The second-order valence-electron chi connectivity index (χ2n) is 9.58. The van der Waals surface area contributed by atoms with Crippen LogP contribution in [0.1, 0.15) is 0 Å². The molecule has 0 bridgehead atoms. The predicted octanol–water partition coefficient (Wildman–Crippen LogP) is 4.94. The molecule has 0 radical (unpaired) electrons. The van der Waals surface area contributed by atoms with Crippen LogP contribution in [0.15, 0.2) is 61.6 Å². The molecule has 11 nitrogen and oxygen atoms in total. The number of pyridine rings is 1. The summed E-state index contributed by atoms with van der Waals surface area (Å²) in [5.41, 5.74) is 2.51. The van der Waals surface area contributed by atoms with E-state index in [0.29, 0.717) is 35.6 Å². The summed E-state index contributed by atoms with van der Waals surface area (Å²) >= 11 is 0. The van der Waals surface area contributed by atoms with Gasteiger partial charge in [-0.3, -0.25) is 9.20 Å². The zero-order chi connectivity index (χ0) is 30.1. The second kappa shape index (κ2) is 11.5. The molecule has 6 rings (SSSR count). The maximum atomic E-state index is 15.4. The average Bonchev–Trinajstić information content (AvgIpc) is 3.53. The van der Waals surface area contributed by atoms with Crippen molar-refractivity contribution in [1.82, 2.24) is 19.4 Å². The van der Waals surface area contributed by atoms with Crippen molar-refractivity contribution in [3.8, 4) is 22.6 Å². The third kappa shape index (κ3) is 5.14. The summed E-state index contributed by atoms with van der Waals surface area (Å²) in [4.78, 5) is 27.9. The largest absolute Gasteiger partial charge is 0.494 e. The fourth-order valence-corrected chi connectivity index (χ4v) is 5.00. The minimum atomic E-state index is -0.890. The predicted molar refractivity (Wildman–Crippen MR) is 158 cm³/mol. The van der Waals surface area contributed by atoms with Crippen LogP contribution in [-0.2, 0) is 9.53 Å². The third-order valence-electron chi connectivity index (χ3n) is 7.12. The van der Waals surface area contributed by atoms with E-state index in [4.69, 9.17) is 14.2 Å². The number of carbonyl (C=O) groups excluding carboxylic acids is 1. The number of halogens is 2. The van der Waals surface area contributed by atoms with Crippen molar-refractivity contribution < 1.29 is 27.8 Å². The lowest BCUT2D eigenvalue weighted by Gasteiger charge is -2.29. The van der Waals surface area contributed by atoms with Gasteiger partial charge in [0.15, 0.2) is 28.8 Å². The van der Waals surface area contributed by atoms with Gasteiger partial charge in [0.25, 0.3) is 0 Å². The summed E-state index contributed by atoms with van der Waals surface area (Å²) in [6.45, 7) is 6.25. The molecule has 220 valence electrons. The Morgan fingerprint density at radius 2 is 1.77 bits per heavy atom. The van der Waals surface area contributed by atoms with Crippen molar-refractivity contribution in [2.75, 3.05) is 56.1 Å². The first-order chi connectivity index (χ1) is 20.9. The van der Waals surface area contributed by atoms with E-state index in [1.165, 1.54) is 32.7 Å². The van der Waals surface area contributed by atoms with Crippen LogP contribution in [0.4, 0.5) is 31.8 Å². The monoisotopic (exact) mass is 587 g/mol. The topological polar surface area (TPSA) is 115 Å². The number of carbonyl (C=O) groups is 1. The van der Waals surface area contributed by atoms with Gasteiger partial charge in [-0.15, -0.1) is 0 Å². The molecular weight excluding hydrogens is 560 g/mol. The number of nitrogens with zero attached hydrogens (tertiary/aromatic N) is 5. The normalized spacial score (nSPS) is 13.3. The molecule has 4 heterocycles. The molecule has 0 atom stereocenters. The number of amides is 1. The zero-order valence-corrected chi connectivity index (χ0v) is 23.4. The Kier molecular flexibility index (Phi) is 7.47. The molecule has 0 spiro atoms. The molecule has 1 amide bonds. The zero-order valence-electron chi connectivity index (χ0n) is 23.4. The van der Waals surface area contributed by atoms with Crippen molar-refractivity contribution >= 4 is 45.6 Å². The average molecular weight is 588 g/mol. The highest BCUT2D eigenvalue weighted by atomic mass is 19.1. The van der Waals surface area contributed by atoms with Crippen molar-refractivity contribution in [2.24, 2.45) is 0 Å². The Balaban J connectivity index is 1.42. The van der Waals surface area contributed by atoms with Crippen molar-refractivity contribution in [3.05, 3.63) is 73.2 Å². The van der Waals surface area contributed by atoms with Crippen LogP contribution in [0.2, 0.25) is 0 Å². The number of morpholine rings is 1. The number of fused-ring (bicyclic) bond motifs is 3. The lowest BCUT2D eigenvalue weighted by atomic mass is 10.0. The van der Waals surface area contributed by atoms with Gasteiger partial charge in [-0.05, 0) is 30.3 Å². The Bertz CT molecular complexity index is 1840. The number of imidazole rings is 1. The molecule has 0 saturated carbocycles. The number of aromatic nitrogens is 4. The summed E-state index contributed by atoms with van der Waals surface area (Å²) in [5, 5.41) is 6.51. The van der Waals surface area contributed by atoms with Crippen molar-refractivity contribution in [2.45, 2.75) is 0 Å². The number of ether oxygens (including phenoxy) is 3. The van der Waals surface area contributed by atoms with Gasteiger partial charge in [0.2, 0.25) is 11.9 Å². The van der Waals surface area contributed by atoms with Gasteiger partial charge in [0.1, 0.15) is 5.65 Å². The van der Waals surface area contributed by atoms with E-state index >= 15 is 8.78 Å². The molecule has 2 N–H and O–H groups in total. The molecule has 43 heavy (non-hydrogen) atoms. The number of hydrogen-bond donors (Lipinski definition) is 2. The summed E-state index contributed by atoms with van der Waals surface area (Å²) in [5.74, 6) is -2.27. The van der Waals surface area contributed by atoms with Gasteiger partial charge >= 0.3 is 0 Å². The maximum absolute atomic E-state index is 15.4. The maximum Gasteiger partial charge on any atom is 0.247 e. The fourth-order valence-electron chi connectivity index (χ4n) is 5.00. The number of hydrogen-bond acceptors (Lipinski definition) is 9. The van der Waals surface area contributed by atoms with Crippen LogP contribution >= 0.6 is 0 Å². The molecule has 1 saturated heterocycles. The van der Waals surface area contributed by atoms with E-state index < -0.39 is 11.6 Å². The van der Waals surface area contributed by atoms with Crippen molar-refractivity contribution in [1.29, 1.82) is 0 Å². The number of methoxy groups -OCH3 is 2. The van der Waals surface area contributed by atoms with Crippen LogP contribution in [-0.4, -0.2) is 65.8 Å². The molecule has 2 aromatic carbocycles. The standard InChI is InChI=1S/C30H27F2N7O4/c1-4-24(40)35-21-14-18(38-9-11-43-12-10-38)5-6-20(21)36-30-34-16-17-13-19(29-33-7-8-39(29)28(17)37-30)25-26(31)22(41-2)15-23(42-3)27(25)32/h4-8,13-16H,1,9-12H2,2-3H3,(H,35,40)(H,34,36,37). The van der Waals surface area contributed by atoms with Crippen LogP contribution in [0, 0.1) is 11.6 Å². The first-order valence-corrected chi connectivity index (χ1v) is 13.3. The molecule has 0 aliphatic carbocycles.